The predicted octanol–water partition coefficient (Wildman–Crippen LogP) is 6.40. The summed E-state index contributed by atoms with van der Waals surface area (Å²) in [6, 6.07) is 22.5. The molecule has 4 rings (SSSR count). The molecule has 0 heterocycles. The molecule has 0 aliphatic carbocycles. The van der Waals surface area contributed by atoms with Gasteiger partial charge in [-0.3, -0.25) is 0 Å². The molecule has 0 spiro atoms. The topological polar surface area (TPSA) is 27.7 Å². The fourth-order valence-corrected chi connectivity index (χ4v) is 3.93. The average molecular weight is 480 g/mol. The van der Waals surface area contributed by atoms with E-state index in [9.17, 15) is 4.39 Å². The summed E-state index contributed by atoms with van der Waals surface area (Å²) < 4.78 is 77.2. The Labute approximate surface area is 201 Å². The standard InChI is InChI=1S/C27H21BF4O3/c1-33-28(34-18-19-10-2-6-14-23(19)29)35-27(20-11-3-7-15-24(20)30,21-12-4-8-16-25(21)31)22-13-5-9-17-26(22)32/h2-17H,18H2,1H3. The molecule has 0 atom stereocenters. The number of benzene rings is 4. The Hall–Kier alpha value is -3.46. The quantitative estimate of drug-likeness (QED) is 0.158. The van der Waals surface area contributed by atoms with Crippen LogP contribution >= 0.6 is 0 Å². The fraction of sp³-hybridized carbons (Fsp3) is 0.111. The highest BCUT2D eigenvalue weighted by molar-refractivity contribution is 6.36. The van der Waals surface area contributed by atoms with Gasteiger partial charge in [0.2, 0.25) is 0 Å². The van der Waals surface area contributed by atoms with Crippen molar-refractivity contribution in [3.05, 3.63) is 143 Å². The van der Waals surface area contributed by atoms with Crippen molar-refractivity contribution in [1.29, 1.82) is 0 Å². The minimum absolute atomic E-state index is 0.160. The molecule has 0 saturated carbocycles. The van der Waals surface area contributed by atoms with Crippen molar-refractivity contribution >= 4 is 7.32 Å². The highest BCUT2D eigenvalue weighted by Crippen LogP contribution is 2.44. The summed E-state index contributed by atoms with van der Waals surface area (Å²) in [4.78, 5) is 0. The Kier molecular flexibility index (Phi) is 7.65. The molecule has 8 heteroatoms. The van der Waals surface area contributed by atoms with Crippen LogP contribution in [0.2, 0.25) is 0 Å². The van der Waals surface area contributed by atoms with Crippen LogP contribution in [0.3, 0.4) is 0 Å². The summed E-state index contributed by atoms with van der Waals surface area (Å²) >= 11 is 0. The Bertz CT molecular complexity index is 1190. The molecule has 0 unspecified atom stereocenters. The third-order valence-corrected chi connectivity index (χ3v) is 5.56. The first-order chi connectivity index (χ1) is 17.0. The minimum atomic E-state index is -2.15. The van der Waals surface area contributed by atoms with Crippen LogP contribution in [0.5, 0.6) is 0 Å². The number of halogens is 4. The van der Waals surface area contributed by atoms with E-state index in [2.05, 4.69) is 0 Å². The third kappa shape index (κ3) is 5.00. The van der Waals surface area contributed by atoms with E-state index in [1.54, 1.807) is 6.07 Å². The van der Waals surface area contributed by atoms with Crippen LogP contribution < -0.4 is 0 Å². The van der Waals surface area contributed by atoms with Gasteiger partial charge in [-0.25, -0.2) is 17.6 Å². The first-order valence-corrected chi connectivity index (χ1v) is 10.8. The second-order valence-corrected chi connectivity index (χ2v) is 7.67. The molecule has 0 aliphatic heterocycles. The van der Waals surface area contributed by atoms with Crippen molar-refractivity contribution in [2.45, 2.75) is 12.2 Å². The van der Waals surface area contributed by atoms with Gasteiger partial charge in [0.05, 0.1) is 6.61 Å². The maximum absolute atomic E-state index is 15.3. The Balaban J connectivity index is 1.89. The van der Waals surface area contributed by atoms with Gasteiger partial charge in [0.25, 0.3) is 0 Å². The average Bonchev–Trinajstić information content (AvgIpc) is 2.87. The normalized spacial score (nSPS) is 11.5. The van der Waals surface area contributed by atoms with Crippen LogP contribution in [0.1, 0.15) is 22.3 Å². The van der Waals surface area contributed by atoms with Gasteiger partial charge in [-0.2, -0.15) is 0 Å². The van der Waals surface area contributed by atoms with E-state index < -0.39 is 36.2 Å². The molecule has 0 saturated heterocycles. The van der Waals surface area contributed by atoms with Gasteiger partial charge in [0.1, 0.15) is 28.9 Å². The van der Waals surface area contributed by atoms with Crippen LogP contribution in [0.25, 0.3) is 0 Å². The van der Waals surface area contributed by atoms with Gasteiger partial charge in [-0.1, -0.05) is 72.8 Å². The summed E-state index contributed by atoms with van der Waals surface area (Å²) in [5, 5.41) is 0. The molecular weight excluding hydrogens is 459 g/mol. The largest absolute Gasteiger partial charge is 0.640 e. The molecule has 0 amide bonds. The highest BCUT2D eigenvalue weighted by atomic mass is 19.1. The lowest BCUT2D eigenvalue weighted by Crippen LogP contribution is -2.43. The number of rotatable bonds is 9. The van der Waals surface area contributed by atoms with E-state index in [0.717, 1.165) is 18.2 Å². The number of hydrogen-bond donors (Lipinski definition) is 0. The van der Waals surface area contributed by atoms with Gasteiger partial charge < -0.3 is 14.0 Å². The van der Waals surface area contributed by atoms with Crippen LogP contribution in [0.4, 0.5) is 17.6 Å². The molecular formula is C27H21BF4O3. The third-order valence-electron chi connectivity index (χ3n) is 5.56. The highest BCUT2D eigenvalue weighted by Gasteiger charge is 2.47. The van der Waals surface area contributed by atoms with E-state index in [1.165, 1.54) is 79.9 Å². The summed E-state index contributed by atoms with van der Waals surface area (Å²) in [5.41, 5.74) is -2.42. The summed E-state index contributed by atoms with van der Waals surface area (Å²) in [6.45, 7) is -0.271. The van der Waals surface area contributed by atoms with E-state index >= 15 is 13.2 Å². The first kappa shape index (κ1) is 24.7. The van der Waals surface area contributed by atoms with Gasteiger partial charge in [0.15, 0.2) is 0 Å². The van der Waals surface area contributed by atoms with Gasteiger partial charge in [-0.05, 0) is 24.3 Å². The summed E-state index contributed by atoms with van der Waals surface area (Å²) in [5.74, 6) is -2.79. The molecule has 0 aliphatic rings. The Morgan fingerprint density at radius 3 is 1.40 bits per heavy atom. The van der Waals surface area contributed by atoms with Gasteiger partial charge in [0, 0.05) is 29.4 Å². The zero-order chi connectivity index (χ0) is 24.8. The van der Waals surface area contributed by atoms with Crippen molar-refractivity contribution in [2.24, 2.45) is 0 Å². The SMILES string of the molecule is COB(OCc1ccccc1F)OC(c1ccccc1F)(c1ccccc1F)c1ccccc1F. The second-order valence-electron chi connectivity index (χ2n) is 7.67. The van der Waals surface area contributed by atoms with E-state index in [4.69, 9.17) is 14.0 Å². The molecule has 0 bridgehead atoms. The van der Waals surface area contributed by atoms with Crippen LogP contribution in [-0.4, -0.2) is 14.4 Å². The predicted molar refractivity (Wildman–Crippen MR) is 124 cm³/mol. The van der Waals surface area contributed by atoms with Crippen LogP contribution in [0.15, 0.2) is 97.1 Å². The molecule has 4 aromatic carbocycles. The smallest absolute Gasteiger partial charge is 0.389 e. The molecule has 0 aromatic heterocycles. The fourth-order valence-electron chi connectivity index (χ4n) is 3.93. The maximum Gasteiger partial charge on any atom is 0.640 e. The summed E-state index contributed by atoms with van der Waals surface area (Å²) in [7, 11) is -0.311. The first-order valence-electron chi connectivity index (χ1n) is 10.8. The molecule has 3 nitrogen and oxygen atoms in total. The molecule has 4 aromatic rings. The monoisotopic (exact) mass is 480 g/mol. The minimum Gasteiger partial charge on any atom is -0.389 e. The van der Waals surface area contributed by atoms with Crippen molar-refractivity contribution < 1.29 is 31.5 Å². The summed E-state index contributed by atoms with van der Waals surface area (Å²) in [6.07, 6.45) is 0. The molecule has 178 valence electrons. The second kappa shape index (κ2) is 10.9. The number of hydrogen-bond acceptors (Lipinski definition) is 3. The van der Waals surface area contributed by atoms with E-state index in [-0.39, 0.29) is 28.9 Å². The van der Waals surface area contributed by atoms with Gasteiger partial charge >= 0.3 is 7.32 Å². The van der Waals surface area contributed by atoms with Crippen molar-refractivity contribution in [3.63, 3.8) is 0 Å². The Morgan fingerprint density at radius 1 is 0.600 bits per heavy atom. The maximum atomic E-state index is 15.3. The lowest BCUT2D eigenvalue weighted by atomic mass is 9.78. The Morgan fingerprint density at radius 2 is 1.00 bits per heavy atom. The lowest BCUT2D eigenvalue weighted by Gasteiger charge is -2.37. The van der Waals surface area contributed by atoms with E-state index in [1.807, 2.05) is 0 Å². The van der Waals surface area contributed by atoms with Crippen LogP contribution in [-0.2, 0) is 26.2 Å². The lowest BCUT2D eigenvalue weighted by molar-refractivity contribution is 0.0345. The van der Waals surface area contributed by atoms with E-state index in [0.29, 0.717) is 0 Å². The molecule has 0 N–H and O–H groups in total. The van der Waals surface area contributed by atoms with Crippen molar-refractivity contribution in [3.8, 4) is 0 Å². The molecule has 0 radical (unpaired) electrons. The van der Waals surface area contributed by atoms with Crippen molar-refractivity contribution in [1.82, 2.24) is 0 Å². The van der Waals surface area contributed by atoms with Crippen molar-refractivity contribution in [2.75, 3.05) is 7.11 Å². The molecule has 0 fully saturated rings. The zero-order valence-electron chi connectivity index (χ0n) is 18.8. The molecule has 35 heavy (non-hydrogen) atoms. The van der Waals surface area contributed by atoms with Gasteiger partial charge in [-0.15, -0.1) is 0 Å². The van der Waals surface area contributed by atoms with Crippen LogP contribution in [0, 0.1) is 23.3 Å². The zero-order valence-corrected chi connectivity index (χ0v) is 18.8.